The summed E-state index contributed by atoms with van der Waals surface area (Å²) in [4.78, 5) is 16.7. The summed E-state index contributed by atoms with van der Waals surface area (Å²) in [5, 5.41) is 2.92. The Morgan fingerprint density at radius 3 is 2.90 bits per heavy atom. The van der Waals surface area contributed by atoms with E-state index in [0.29, 0.717) is 5.56 Å². The Labute approximate surface area is 138 Å². The molecular formula is C15H11BrN2OS2. The second-order valence-corrected chi connectivity index (χ2v) is 7.33. The van der Waals surface area contributed by atoms with Crippen LogP contribution in [0.3, 0.4) is 0 Å². The van der Waals surface area contributed by atoms with E-state index >= 15 is 0 Å². The van der Waals surface area contributed by atoms with Crippen molar-refractivity contribution in [1.82, 2.24) is 4.98 Å². The Morgan fingerprint density at radius 2 is 2.14 bits per heavy atom. The van der Waals surface area contributed by atoms with E-state index < -0.39 is 0 Å². The van der Waals surface area contributed by atoms with Gasteiger partial charge in [0.2, 0.25) is 0 Å². The summed E-state index contributed by atoms with van der Waals surface area (Å²) in [6.07, 6.45) is 2.01. The first-order chi connectivity index (χ1) is 10.2. The lowest BCUT2D eigenvalue weighted by atomic mass is 10.2. The number of nitrogens with zero attached hydrogens (tertiary/aromatic N) is 1. The summed E-state index contributed by atoms with van der Waals surface area (Å²) in [6.45, 7) is 0. The second kappa shape index (κ2) is 6.17. The zero-order chi connectivity index (χ0) is 14.8. The van der Waals surface area contributed by atoms with E-state index in [4.69, 9.17) is 0 Å². The Hall–Kier alpha value is -1.37. The predicted molar refractivity (Wildman–Crippen MR) is 93.5 cm³/mol. The normalized spacial score (nSPS) is 10.8. The number of hydrogen-bond acceptors (Lipinski definition) is 4. The fourth-order valence-electron chi connectivity index (χ4n) is 1.90. The topological polar surface area (TPSA) is 42.0 Å². The van der Waals surface area contributed by atoms with E-state index in [9.17, 15) is 4.79 Å². The number of halogens is 1. The molecule has 106 valence electrons. The Bertz CT molecular complexity index is 816. The van der Waals surface area contributed by atoms with Crippen LogP contribution in [0.15, 0.2) is 51.3 Å². The number of rotatable bonds is 3. The van der Waals surface area contributed by atoms with Gasteiger partial charge in [0.05, 0.1) is 10.2 Å². The molecule has 0 aliphatic carbocycles. The van der Waals surface area contributed by atoms with Crippen molar-refractivity contribution >= 4 is 60.8 Å². The average Bonchev–Trinajstić information content (AvgIpc) is 2.89. The number of benzene rings is 2. The van der Waals surface area contributed by atoms with Crippen LogP contribution in [-0.4, -0.2) is 17.1 Å². The molecule has 1 N–H and O–H groups in total. The van der Waals surface area contributed by atoms with Crippen LogP contribution in [0.2, 0.25) is 0 Å². The van der Waals surface area contributed by atoms with Gasteiger partial charge < -0.3 is 5.32 Å². The van der Waals surface area contributed by atoms with Gasteiger partial charge in [0.15, 0.2) is 4.34 Å². The SMILES string of the molecule is CSc1nc2ccc(NC(=O)c3cccc(Br)c3)cc2s1. The molecule has 0 spiro atoms. The molecule has 0 atom stereocenters. The molecule has 1 aromatic heterocycles. The van der Waals surface area contributed by atoms with E-state index in [1.165, 1.54) is 0 Å². The Morgan fingerprint density at radius 1 is 1.29 bits per heavy atom. The van der Waals surface area contributed by atoms with Gasteiger partial charge in [-0.15, -0.1) is 11.3 Å². The van der Waals surface area contributed by atoms with Crippen molar-refractivity contribution in [3.8, 4) is 0 Å². The third-order valence-electron chi connectivity index (χ3n) is 2.89. The highest BCUT2D eigenvalue weighted by Crippen LogP contribution is 2.30. The lowest BCUT2D eigenvalue weighted by Gasteiger charge is -2.05. The molecule has 1 heterocycles. The number of thiazole rings is 1. The lowest BCUT2D eigenvalue weighted by Crippen LogP contribution is -2.11. The molecule has 21 heavy (non-hydrogen) atoms. The minimum atomic E-state index is -0.120. The molecule has 1 amide bonds. The van der Waals surface area contributed by atoms with Crippen LogP contribution < -0.4 is 5.32 Å². The average molecular weight is 379 g/mol. The molecule has 0 aliphatic heterocycles. The zero-order valence-electron chi connectivity index (χ0n) is 11.1. The smallest absolute Gasteiger partial charge is 0.255 e. The summed E-state index contributed by atoms with van der Waals surface area (Å²) < 4.78 is 2.99. The van der Waals surface area contributed by atoms with Crippen LogP contribution in [0.5, 0.6) is 0 Å². The van der Waals surface area contributed by atoms with Gasteiger partial charge >= 0.3 is 0 Å². The highest BCUT2D eigenvalue weighted by molar-refractivity contribution is 9.10. The molecular weight excluding hydrogens is 368 g/mol. The summed E-state index contributed by atoms with van der Waals surface area (Å²) in [7, 11) is 0. The molecule has 0 aliphatic rings. The molecule has 0 fully saturated rings. The Kier molecular flexibility index (Phi) is 4.28. The van der Waals surface area contributed by atoms with Crippen molar-refractivity contribution in [1.29, 1.82) is 0 Å². The predicted octanol–water partition coefficient (Wildman–Crippen LogP) is 5.03. The maximum atomic E-state index is 12.2. The number of nitrogens with one attached hydrogen (secondary N) is 1. The van der Waals surface area contributed by atoms with Crippen LogP contribution in [0.1, 0.15) is 10.4 Å². The van der Waals surface area contributed by atoms with Crippen molar-refractivity contribution in [3.63, 3.8) is 0 Å². The van der Waals surface area contributed by atoms with Crippen molar-refractivity contribution in [2.24, 2.45) is 0 Å². The number of fused-ring (bicyclic) bond motifs is 1. The summed E-state index contributed by atoms with van der Waals surface area (Å²) in [5.41, 5.74) is 2.37. The number of amides is 1. The number of carbonyl (C=O) groups excluding carboxylic acids is 1. The highest BCUT2D eigenvalue weighted by atomic mass is 79.9. The molecule has 3 rings (SSSR count). The van der Waals surface area contributed by atoms with Gasteiger partial charge in [-0.05, 0) is 42.7 Å². The van der Waals surface area contributed by atoms with Gasteiger partial charge in [0, 0.05) is 15.7 Å². The molecule has 0 bridgehead atoms. The molecule has 3 nitrogen and oxygen atoms in total. The largest absolute Gasteiger partial charge is 0.322 e. The van der Waals surface area contributed by atoms with Crippen molar-refractivity contribution in [2.45, 2.75) is 4.34 Å². The minimum absolute atomic E-state index is 0.120. The molecule has 3 aromatic rings. The lowest BCUT2D eigenvalue weighted by molar-refractivity contribution is 0.102. The van der Waals surface area contributed by atoms with Gasteiger partial charge in [-0.25, -0.2) is 4.98 Å². The van der Waals surface area contributed by atoms with Crippen molar-refractivity contribution in [2.75, 3.05) is 11.6 Å². The van der Waals surface area contributed by atoms with E-state index in [-0.39, 0.29) is 5.91 Å². The van der Waals surface area contributed by atoms with Crippen molar-refractivity contribution < 1.29 is 4.79 Å². The number of hydrogen-bond donors (Lipinski definition) is 1. The molecule has 0 saturated heterocycles. The van der Waals surface area contributed by atoms with Gasteiger partial charge in [0.25, 0.3) is 5.91 Å². The highest BCUT2D eigenvalue weighted by Gasteiger charge is 2.08. The number of carbonyl (C=O) groups is 1. The maximum Gasteiger partial charge on any atom is 0.255 e. The van der Waals surface area contributed by atoms with Gasteiger partial charge in [0.1, 0.15) is 0 Å². The van der Waals surface area contributed by atoms with E-state index in [2.05, 4.69) is 26.2 Å². The summed E-state index contributed by atoms with van der Waals surface area (Å²) in [5.74, 6) is -0.120. The fraction of sp³-hybridized carbons (Fsp3) is 0.0667. The number of aromatic nitrogens is 1. The molecule has 2 aromatic carbocycles. The quantitative estimate of drug-likeness (QED) is 0.649. The Balaban J connectivity index is 1.85. The fourth-order valence-corrected chi connectivity index (χ4v) is 3.83. The van der Waals surface area contributed by atoms with Crippen LogP contribution >= 0.6 is 39.0 Å². The first kappa shape index (κ1) is 14.6. The minimum Gasteiger partial charge on any atom is -0.322 e. The van der Waals surface area contributed by atoms with Crippen LogP contribution in [-0.2, 0) is 0 Å². The first-order valence-electron chi connectivity index (χ1n) is 6.17. The standard InChI is InChI=1S/C15H11BrN2OS2/c1-20-15-18-12-6-5-11(8-13(12)21-15)17-14(19)9-3-2-4-10(16)7-9/h2-8H,1H3,(H,17,19). The third kappa shape index (κ3) is 3.28. The number of anilines is 1. The number of thioether (sulfide) groups is 1. The van der Waals surface area contributed by atoms with E-state index in [1.54, 1.807) is 35.2 Å². The van der Waals surface area contributed by atoms with Crippen LogP contribution in [0, 0.1) is 0 Å². The van der Waals surface area contributed by atoms with Crippen molar-refractivity contribution in [3.05, 3.63) is 52.5 Å². The van der Waals surface area contributed by atoms with Crippen LogP contribution in [0.25, 0.3) is 10.2 Å². The molecule has 6 heteroatoms. The van der Waals surface area contributed by atoms with E-state index in [0.717, 1.165) is 24.7 Å². The van der Waals surface area contributed by atoms with Gasteiger partial charge in [-0.3, -0.25) is 4.79 Å². The van der Waals surface area contributed by atoms with E-state index in [1.807, 2.05) is 36.6 Å². The van der Waals surface area contributed by atoms with Gasteiger partial charge in [-0.2, -0.15) is 0 Å². The molecule has 0 unspecified atom stereocenters. The molecule has 0 radical (unpaired) electrons. The zero-order valence-corrected chi connectivity index (χ0v) is 14.3. The first-order valence-corrected chi connectivity index (χ1v) is 9.00. The monoisotopic (exact) mass is 378 g/mol. The summed E-state index contributed by atoms with van der Waals surface area (Å²) >= 11 is 6.63. The van der Waals surface area contributed by atoms with Crippen LogP contribution in [0.4, 0.5) is 5.69 Å². The summed E-state index contributed by atoms with van der Waals surface area (Å²) in [6, 6.07) is 13.1. The maximum absolute atomic E-state index is 12.2. The second-order valence-electron chi connectivity index (χ2n) is 4.33. The van der Waals surface area contributed by atoms with Gasteiger partial charge in [-0.1, -0.05) is 33.8 Å². The third-order valence-corrected chi connectivity index (χ3v) is 5.38. The molecule has 0 saturated carbocycles.